The molecular weight excluding hydrogens is 622 g/mol. The zero-order valence-corrected chi connectivity index (χ0v) is 26.6. The van der Waals surface area contributed by atoms with Crippen molar-refractivity contribution < 1.29 is 32.6 Å². The molecule has 0 bridgehead atoms. The number of nitrogens with zero attached hydrogens (tertiary/aromatic N) is 3. The van der Waals surface area contributed by atoms with Crippen LogP contribution in [0.4, 0.5) is 20.3 Å². The molecule has 1 saturated heterocycles. The summed E-state index contributed by atoms with van der Waals surface area (Å²) in [6.45, 7) is 3.54. The largest absolute Gasteiger partial charge is 0.496 e. The number of ether oxygens (including phenoxy) is 2. The summed E-state index contributed by atoms with van der Waals surface area (Å²) in [4.78, 5) is 50.3. The second-order valence-corrected chi connectivity index (χ2v) is 11.2. The molecule has 2 aromatic carbocycles. The Balaban J connectivity index is 1.61. The number of amides is 2. The SMILES string of the molecule is C#CCOC(C)[C@H](NC(=O)[C@H](C)NC)C(=O)N1CCC[C@H]1C(=O)Cc1cc2c(Nc3ccc(F)c(Cl)c3F)ncnc2cc1OC. The number of rotatable bonds is 13. The van der Waals surface area contributed by atoms with Crippen LogP contribution in [0, 0.1) is 24.0 Å². The Kier molecular flexibility index (Phi) is 11.4. The van der Waals surface area contributed by atoms with Crippen molar-refractivity contribution in [3.8, 4) is 18.1 Å². The number of methoxy groups -OCH3 is 1. The summed E-state index contributed by atoms with van der Waals surface area (Å²) in [6, 6.07) is 3.06. The van der Waals surface area contributed by atoms with Gasteiger partial charge >= 0.3 is 0 Å². The first-order chi connectivity index (χ1) is 22.0. The summed E-state index contributed by atoms with van der Waals surface area (Å²) in [6.07, 6.45) is 6.73. The maximum atomic E-state index is 14.7. The summed E-state index contributed by atoms with van der Waals surface area (Å²) >= 11 is 5.75. The Morgan fingerprint density at radius 1 is 1.22 bits per heavy atom. The molecule has 1 aromatic heterocycles. The van der Waals surface area contributed by atoms with Crippen LogP contribution in [0.5, 0.6) is 5.75 Å². The van der Waals surface area contributed by atoms with Gasteiger partial charge in [-0.25, -0.2) is 18.7 Å². The number of Topliss-reactive ketones (excluding diaryl/α,β-unsaturated/α-hetero) is 1. The van der Waals surface area contributed by atoms with Gasteiger partial charge in [-0.2, -0.15) is 0 Å². The summed E-state index contributed by atoms with van der Waals surface area (Å²) in [7, 11) is 3.07. The third-order valence-electron chi connectivity index (χ3n) is 7.89. The van der Waals surface area contributed by atoms with Crippen LogP contribution in [0.2, 0.25) is 5.02 Å². The summed E-state index contributed by atoms with van der Waals surface area (Å²) in [5.41, 5.74) is 0.812. The fourth-order valence-electron chi connectivity index (χ4n) is 5.22. The van der Waals surface area contributed by atoms with E-state index in [9.17, 15) is 23.2 Å². The minimum Gasteiger partial charge on any atom is -0.496 e. The van der Waals surface area contributed by atoms with E-state index in [0.717, 1.165) is 6.07 Å². The third-order valence-corrected chi connectivity index (χ3v) is 8.23. The van der Waals surface area contributed by atoms with Gasteiger partial charge in [0, 0.05) is 30.0 Å². The van der Waals surface area contributed by atoms with Crippen molar-refractivity contribution in [2.75, 3.05) is 32.6 Å². The lowest BCUT2D eigenvalue weighted by molar-refractivity contribution is -0.144. The zero-order chi connectivity index (χ0) is 33.5. The summed E-state index contributed by atoms with van der Waals surface area (Å²) in [5.74, 6) is -0.0838. The minimum atomic E-state index is -1.08. The first kappa shape index (κ1) is 34.5. The molecule has 14 heteroatoms. The fraction of sp³-hybridized carbons (Fsp3) is 0.406. The lowest BCUT2D eigenvalue weighted by Crippen LogP contribution is -2.58. The van der Waals surface area contributed by atoms with Crippen LogP contribution in [0.15, 0.2) is 30.6 Å². The predicted molar refractivity (Wildman–Crippen MR) is 169 cm³/mol. The average molecular weight is 657 g/mol. The Labute approximate surface area is 270 Å². The molecule has 2 amide bonds. The highest BCUT2D eigenvalue weighted by molar-refractivity contribution is 6.31. The standard InChI is InChI=1S/C32H35ClF2N6O5/c1-6-12-46-18(3)29(40-31(43)17(2)36-4)32(44)41-11-7-8-24(41)25(42)14-19-13-20-23(15-26(19)45-5)37-16-38-30(20)39-22-10-9-21(34)27(33)28(22)35/h1,9-10,13,15-18,24,29,36H,7-8,11-12,14H2,2-5H3,(H,40,43)(H,37,38,39)/t17-,18?,24-,29-/m0/s1. The van der Waals surface area contributed by atoms with E-state index in [1.165, 1.54) is 24.4 Å². The second kappa shape index (κ2) is 15.3. The highest BCUT2D eigenvalue weighted by Gasteiger charge is 2.40. The number of hydrogen-bond acceptors (Lipinski definition) is 9. The quantitative estimate of drug-likeness (QED) is 0.187. The van der Waals surface area contributed by atoms with Crippen molar-refractivity contribution in [3.05, 3.63) is 52.8 Å². The predicted octanol–water partition coefficient (Wildman–Crippen LogP) is 3.55. The molecule has 1 aliphatic rings. The second-order valence-electron chi connectivity index (χ2n) is 10.8. The first-order valence-corrected chi connectivity index (χ1v) is 15.0. The molecule has 244 valence electrons. The first-order valence-electron chi connectivity index (χ1n) is 14.6. The monoisotopic (exact) mass is 656 g/mol. The molecule has 3 N–H and O–H groups in total. The number of carbonyl (C=O) groups excluding carboxylic acids is 3. The van der Waals surface area contributed by atoms with Gasteiger partial charge in [-0.1, -0.05) is 17.5 Å². The van der Waals surface area contributed by atoms with E-state index in [2.05, 4.69) is 31.8 Å². The van der Waals surface area contributed by atoms with E-state index in [1.807, 2.05) is 0 Å². The Bertz CT molecular complexity index is 1670. The van der Waals surface area contributed by atoms with Crippen molar-refractivity contribution in [1.29, 1.82) is 0 Å². The van der Waals surface area contributed by atoms with Gasteiger partial charge in [-0.15, -0.1) is 6.42 Å². The number of hydrogen-bond donors (Lipinski definition) is 3. The van der Waals surface area contributed by atoms with Crippen LogP contribution in [-0.4, -0.2) is 84.0 Å². The average Bonchev–Trinajstić information content (AvgIpc) is 3.56. The zero-order valence-electron chi connectivity index (χ0n) is 25.8. The van der Waals surface area contributed by atoms with Gasteiger partial charge in [0.15, 0.2) is 11.6 Å². The molecule has 3 aromatic rings. The number of carbonyl (C=O) groups is 3. The van der Waals surface area contributed by atoms with Crippen LogP contribution >= 0.6 is 11.6 Å². The van der Waals surface area contributed by atoms with Gasteiger partial charge in [0.2, 0.25) is 11.8 Å². The van der Waals surface area contributed by atoms with Crippen LogP contribution in [0.25, 0.3) is 10.9 Å². The number of halogens is 3. The molecule has 0 spiro atoms. The van der Waals surface area contributed by atoms with Gasteiger partial charge in [0.05, 0.1) is 36.5 Å². The molecule has 1 fully saturated rings. The lowest BCUT2D eigenvalue weighted by Gasteiger charge is -2.32. The van der Waals surface area contributed by atoms with E-state index in [1.54, 1.807) is 33.0 Å². The van der Waals surface area contributed by atoms with Crippen molar-refractivity contribution in [3.63, 3.8) is 0 Å². The number of nitrogens with one attached hydrogen (secondary N) is 3. The third kappa shape index (κ3) is 7.52. The molecule has 11 nitrogen and oxygen atoms in total. The van der Waals surface area contributed by atoms with Crippen LogP contribution in [0.1, 0.15) is 32.3 Å². The van der Waals surface area contributed by atoms with Gasteiger partial charge < -0.3 is 30.3 Å². The highest BCUT2D eigenvalue weighted by Crippen LogP contribution is 2.33. The lowest BCUT2D eigenvalue weighted by atomic mass is 9.99. The normalized spacial score (nSPS) is 16.4. The van der Waals surface area contributed by atoms with Crippen molar-refractivity contribution in [2.45, 2.75) is 57.3 Å². The maximum absolute atomic E-state index is 14.7. The molecule has 0 saturated carbocycles. The van der Waals surface area contributed by atoms with Crippen molar-refractivity contribution in [1.82, 2.24) is 25.5 Å². The number of likely N-dealkylation sites (tertiary alicyclic amines) is 1. The van der Waals surface area contributed by atoms with Crippen molar-refractivity contribution >= 4 is 51.6 Å². The van der Waals surface area contributed by atoms with E-state index in [4.69, 9.17) is 27.5 Å². The van der Waals surface area contributed by atoms with Crippen LogP contribution in [-0.2, 0) is 25.5 Å². The molecule has 1 aliphatic heterocycles. The smallest absolute Gasteiger partial charge is 0.248 e. The van der Waals surface area contributed by atoms with Crippen molar-refractivity contribution in [2.24, 2.45) is 0 Å². The summed E-state index contributed by atoms with van der Waals surface area (Å²) < 4.78 is 39.6. The molecule has 46 heavy (non-hydrogen) atoms. The topological polar surface area (TPSA) is 135 Å². The molecule has 0 aliphatic carbocycles. The fourth-order valence-corrected chi connectivity index (χ4v) is 5.39. The van der Waals surface area contributed by atoms with Crippen LogP contribution < -0.4 is 20.7 Å². The number of aromatic nitrogens is 2. The van der Waals surface area contributed by atoms with Gasteiger partial charge in [-0.05, 0) is 51.9 Å². The number of terminal acetylenes is 1. The number of fused-ring (bicyclic) bond motifs is 1. The maximum Gasteiger partial charge on any atom is 0.248 e. The molecular formula is C32H35ClF2N6O5. The Hall–Kier alpha value is -4.38. The Morgan fingerprint density at radius 3 is 2.67 bits per heavy atom. The van der Waals surface area contributed by atoms with E-state index in [-0.39, 0.29) is 30.3 Å². The van der Waals surface area contributed by atoms with Gasteiger partial charge in [0.1, 0.15) is 41.4 Å². The van der Waals surface area contributed by atoms with Gasteiger partial charge in [0.25, 0.3) is 0 Å². The van der Waals surface area contributed by atoms with E-state index >= 15 is 0 Å². The molecule has 4 atom stereocenters. The van der Waals surface area contributed by atoms with Crippen LogP contribution in [0.3, 0.4) is 0 Å². The molecule has 0 radical (unpaired) electrons. The molecule has 2 heterocycles. The van der Waals surface area contributed by atoms with Gasteiger partial charge in [-0.3, -0.25) is 14.4 Å². The minimum absolute atomic E-state index is 0.0616. The molecule has 4 rings (SSSR count). The van der Waals surface area contributed by atoms with E-state index < -0.39 is 52.7 Å². The number of anilines is 2. The number of ketones is 1. The molecule has 1 unspecified atom stereocenters. The number of benzene rings is 2. The van der Waals surface area contributed by atoms with E-state index in [0.29, 0.717) is 41.6 Å². The Morgan fingerprint density at radius 2 is 1.98 bits per heavy atom. The highest BCUT2D eigenvalue weighted by atomic mass is 35.5. The summed E-state index contributed by atoms with van der Waals surface area (Å²) in [5, 5.41) is 8.17. The number of likely N-dealkylation sites (N-methyl/N-ethyl adjacent to an activating group) is 1.